The highest BCUT2D eigenvalue weighted by atomic mass is 16.3. The van der Waals surface area contributed by atoms with Crippen LogP contribution in [0.5, 0.6) is 0 Å². The van der Waals surface area contributed by atoms with E-state index in [1.807, 2.05) is 0 Å². The van der Waals surface area contributed by atoms with Gasteiger partial charge in [-0.05, 0) is 63.7 Å². The Bertz CT molecular complexity index is 440. The first-order chi connectivity index (χ1) is 14.2. The van der Waals surface area contributed by atoms with Crippen molar-refractivity contribution in [2.45, 2.75) is 110 Å². The molecule has 0 saturated heterocycles. The van der Waals surface area contributed by atoms with Crippen LogP contribution in [-0.2, 0) is 4.79 Å². The Morgan fingerprint density at radius 3 is 1.83 bits per heavy atom. The van der Waals surface area contributed by atoms with Crippen molar-refractivity contribution in [2.24, 2.45) is 11.7 Å². The summed E-state index contributed by atoms with van der Waals surface area (Å²) in [5, 5.41) is 9.38. The van der Waals surface area contributed by atoms with E-state index in [4.69, 9.17) is 5.73 Å². The van der Waals surface area contributed by atoms with Crippen molar-refractivity contribution in [3.8, 4) is 0 Å². The van der Waals surface area contributed by atoms with Crippen LogP contribution < -0.4 is 5.73 Å². The van der Waals surface area contributed by atoms with E-state index in [0.29, 0.717) is 18.9 Å². The molecule has 0 aromatic heterocycles. The van der Waals surface area contributed by atoms with Crippen molar-refractivity contribution >= 4 is 5.91 Å². The summed E-state index contributed by atoms with van der Waals surface area (Å²) in [6.45, 7) is 2.58. The van der Waals surface area contributed by atoms with Gasteiger partial charge in [0.25, 0.3) is 0 Å². The standard InChI is InChI=1S/C26H47NO2/c1-2-3-21-25(24-28)22-19-17-15-13-11-9-7-5-4-6-8-10-12-14-16-18-20-23-26(27)29/h4-5,8-11,25,28H,2-3,6-7,12-24H2,1H3,(H2,27,29)/b5-4-,10-8-,11-9-. The Morgan fingerprint density at radius 2 is 1.28 bits per heavy atom. The van der Waals surface area contributed by atoms with E-state index in [-0.39, 0.29) is 5.91 Å². The van der Waals surface area contributed by atoms with Crippen molar-refractivity contribution in [1.29, 1.82) is 0 Å². The molecule has 0 spiro atoms. The molecular weight excluding hydrogens is 358 g/mol. The maximum atomic E-state index is 10.6. The van der Waals surface area contributed by atoms with Crippen LogP contribution in [0, 0.1) is 5.92 Å². The van der Waals surface area contributed by atoms with Crippen LogP contribution in [0.25, 0.3) is 0 Å². The van der Waals surface area contributed by atoms with Gasteiger partial charge in [-0.2, -0.15) is 0 Å². The molecule has 0 fully saturated rings. The van der Waals surface area contributed by atoms with E-state index in [0.717, 1.165) is 32.1 Å². The molecule has 0 aromatic rings. The lowest BCUT2D eigenvalue weighted by Gasteiger charge is -2.12. The normalized spacial score (nSPS) is 13.2. The van der Waals surface area contributed by atoms with Crippen LogP contribution in [0.15, 0.2) is 36.5 Å². The molecule has 29 heavy (non-hydrogen) atoms. The summed E-state index contributed by atoms with van der Waals surface area (Å²) in [5.41, 5.74) is 5.12. The largest absolute Gasteiger partial charge is 0.396 e. The first-order valence-corrected chi connectivity index (χ1v) is 12.0. The summed E-state index contributed by atoms with van der Waals surface area (Å²) >= 11 is 0. The minimum atomic E-state index is -0.184. The number of allylic oxidation sites excluding steroid dienone is 6. The van der Waals surface area contributed by atoms with Gasteiger partial charge in [-0.1, -0.05) is 81.9 Å². The number of carbonyl (C=O) groups is 1. The lowest BCUT2D eigenvalue weighted by Crippen LogP contribution is -2.09. The molecule has 3 N–H and O–H groups in total. The van der Waals surface area contributed by atoms with Crippen LogP contribution in [0.3, 0.4) is 0 Å². The number of rotatable bonds is 21. The van der Waals surface area contributed by atoms with Crippen LogP contribution in [-0.4, -0.2) is 17.6 Å². The summed E-state index contributed by atoms with van der Waals surface area (Å²) in [6.07, 6.45) is 31.5. The number of amides is 1. The maximum absolute atomic E-state index is 10.6. The fourth-order valence-corrected chi connectivity index (χ4v) is 3.38. The smallest absolute Gasteiger partial charge is 0.217 e. The van der Waals surface area contributed by atoms with E-state index >= 15 is 0 Å². The van der Waals surface area contributed by atoms with Gasteiger partial charge in [-0.25, -0.2) is 0 Å². The Hall–Kier alpha value is -1.35. The Labute approximate surface area is 180 Å². The minimum Gasteiger partial charge on any atom is -0.396 e. The summed E-state index contributed by atoms with van der Waals surface area (Å²) in [5.74, 6) is 0.342. The molecule has 1 amide bonds. The Morgan fingerprint density at radius 1 is 0.759 bits per heavy atom. The van der Waals surface area contributed by atoms with Crippen LogP contribution in [0.1, 0.15) is 110 Å². The lowest BCUT2D eigenvalue weighted by atomic mass is 9.96. The first-order valence-electron chi connectivity index (χ1n) is 12.0. The van der Waals surface area contributed by atoms with E-state index in [9.17, 15) is 9.90 Å². The molecule has 1 atom stereocenters. The molecule has 0 aliphatic carbocycles. The second kappa shape index (κ2) is 22.9. The van der Waals surface area contributed by atoms with Gasteiger partial charge < -0.3 is 10.8 Å². The SMILES string of the molecule is CCCCC(CO)CCCCC/C=C\C/C=C\C/C=C\CCCCCCC(N)=O. The zero-order chi connectivity index (χ0) is 21.4. The predicted octanol–water partition coefficient (Wildman–Crippen LogP) is 7.01. The summed E-state index contributed by atoms with van der Waals surface area (Å²) in [7, 11) is 0. The molecule has 0 bridgehead atoms. The van der Waals surface area contributed by atoms with Crippen LogP contribution in [0.4, 0.5) is 0 Å². The van der Waals surface area contributed by atoms with Crippen molar-refractivity contribution in [3.05, 3.63) is 36.5 Å². The number of aliphatic hydroxyl groups excluding tert-OH is 1. The second-order valence-electron chi connectivity index (χ2n) is 8.13. The highest BCUT2D eigenvalue weighted by Gasteiger charge is 2.05. The minimum absolute atomic E-state index is 0.184. The van der Waals surface area contributed by atoms with Crippen LogP contribution in [0.2, 0.25) is 0 Å². The average molecular weight is 406 g/mol. The summed E-state index contributed by atoms with van der Waals surface area (Å²) < 4.78 is 0. The molecule has 0 rings (SSSR count). The van der Waals surface area contributed by atoms with E-state index < -0.39 is 0 Å². The molecule has 0 aliphatic heterocycles. The highest BCUT2D eigenvalue weighted by Crippen LogP contribution is 2.16. The zero-order valence-corrected chi connectivity index (χ0v) is 19.0. The molecular formula is C26H47NO2. The number of aliphatic hydroxyl groups is 1. The van der Waals surface area contributed by atoms with Gasteiger partial charge in [0, 0.05) is 13.0 Å². The van der Waals surface area contributed by atoms with Gasteiger partial charge in [0.2, 0.25) is 5.91 Å². The fraction of sp³-hybridized carbons (Fsp3) is 0.731. The molecule has 0 heterocycles. The van der Waals surface area contributed by atoms with Gasteiger partial charge in [0.1, 0.15) is 0 Å². The van der Waals surface area contributed by atoms with Gasteiger partial charge in [-0.3, -0.25) is 4.79 Å². The molecule has 3 nitrogen and oxygen atoms in total. The number of unbranched alkanes of at least 4 members (excludes halogenated alkanes) is 8. The first kappa shape index (κ1) is 27.6. The van der Waals surface area contributed by atoms with E-state index in [2.05, 4.69) is 43.4 Å². The third-order valence-electron chi connectivity index (χ3n) is 5.30. The number of primary amides is 1. The predicted molar refractivity (Wildman–Crippen MR) is 127 cm³/mol. The molecule has 1 unspecified atom stereocenters. The van der Waals surface area contributed by atoms with Gasteiger partial charge in [0.05, 0.1) is 0 Å². The van der Waals surface area contributed by atoms with Gasteiger partial charge in [-0.15, -0.1) is 0 Å². The number of carbonyl (C=O) groups excluding carboxylic acids is 1. The number of hydrogen-bond donors (Lipinski definition) is 2. The topological polar surface area (TPSA) is 63.3 Å². The monoisotopic (exact) mass is 405 g/mol. The quantitative estimate of drug-likeness (QED) is 0.159. The van der Waals surface area contributed by atoms with Crippen molar-refractivity contribution in [2.75, 3.05) is 6.61 Å². The molecule has 0 aliphatic rings. The lowest BCUT2D eigenvalue weighted by molar-refractivity contribution is -0.118. The molecule has 0 aromatic carbocycles. The third-order valence-corrected chi connectivity index (χ3v) is 5.30. The van der Waals surface area contributed by atoms with Crippen molar-refractivity contribution in [1.82, 2.24) is 0 Å². The van der Waals surface area contributed by atoms with Gasteiger partial charge in [0.15, 0.2) is 0 Å². The number of hydrogen-bond acceptors (Lipinski definition) is 2. The van der Waals surface area contributed by atoms with E-state index in [1.54, 1.807) is 0 Å². The Balaban J connectivity index is 3.41. The highest BCUT2D eigenvalue weighted by molar-refractivity contribution is 5.73. The summed E-state index contributed by atoms with van der Waals surface area (Å²) in [6, 6.07) is 0. The molecule has 0 radical (unpaired) electrons. The molecule has 3 heteroatoms. The maximum Gasteiger partial charge on any atom is 0.217 e. The van der Waals surface area contributed by atoms with Crippen molar-refractivity contribution in [3.63, 3.8) is 0 Å². The molecule has 168 valence electrons. The third kappa shape index (κ3) is 22.8. The van der Waals surface area contributed by atoms with Gasteiger partial charge >= 0.3 is 0 Å². The average Bonchev–Trinajstić information content (AvgIpc) is 2.71. The van der Waals surface area contributed by atoms with Crippen LogP contribution >= 0.6 is 0 Å². The fourth-order valence-electron chi connectivity index (χ4n) is 3.38. The van der Waals surface area contributed by atoms with E-state index in [1.165, 1.54) is 64.2 Å². The zero-order valence-electron chi connectivity index (χ0n) is 19.0. The second-order valence-corrected chi connectivity index (χ2v) is 8.13. The van der Waals surface area contributed by atoms with Crippen molar-refractivity contribution < 1.29 is 9.90 Å². The Kier molecular flexibility index (Phi) is 21.9. The summed E-state index contributed by atoms with van der Waals surface area (Å²) in [4.78, 5) is 10.6. The molecule has 0 saturated carbocycles. The number of nitrogens with two attached hydrogens (primary N) is 1.